The highest BCUT2D eigenvalue weighted by Crippen LogP contribution is 2.26. The molecule has 2 aliphatic rings. The fraction of sp³-hybridized carbons (Fsp3) is 0.350. The number of fused-ring (bicyclic) bond motifs is 2. The number of carbonyl (C=O) groups excluding carboxylic acids is 2. The molecule has 14 heteroatoms. The van der Waals surface area contributed by atoms with Crippen molar-refractivity contribution in [3.05, 3.63) is 46.6 Å². The van der Waals surface area contributed by atoms with Crippen molar-refractivity contribution in [1.29, 1.82) is 0 Å². The van der Waals surface area contributed by atoms with Crippen molar-refractivity contribution in [1.82, 2.24) is 35.3 Å². The van der Waals surface area contributed by atoms with Crippen LogP contribution in [0.2, 0.25) is 5.02 Å². The largest absolute Gasteiger partial charge is 0.436 e. The lowest BCUT2D eigenvalue weighted by Gasteiger charge is -2.38. The van der Waals surface area contributed by atoms with Gasteiger partial charge in [-0.25, -0.2) is 18.8 Å². The number of benzene rings is 1. The number of nitrogens with one attached hydrogen (secondary N) is 4. The van der Waals surface area contributed by atoms with Crippen LogP contribution in [0.25, 0.3) is 10.9 Å². The van der Waals surface area contributed by atoms with Crippen LogP contribution in [-0.4, -0.2) is 72.1 Å². The highest BCUT2D eigenvalue weighted by Gasteiger charge is 2.41. The Balaban J connectivity index is 1.41. The molecule has 1 atom stereocenters. The Kier molecular flexibility index (Phi) is 5.81. The van der Waals surface area contributed by atoms with E-state index in [2.05, 4.69) is 26.1 Å². The Morgan fingerprint density at radius 2 is 2.00 bits per heavy atom. The van der Waals surface area contributed by atoms with Crippen LogP contribution >= 0.6 is 11.6 Å². The number of likely N-dealkylation sites (N-methyl/N-ethyl adjacent to an activating group) is 1. The third kappa shape index (κ3) is 3.95. The second-order valence-electron chi connectivity index (χ2n) is 7.95. The number of aromatic amines is 1. The molecule has 0 saturated carbocycles. The highest BCUT2D eigenvalue weighted by molar-refractivity contribution is 7.89. The number of oxazole rings is 1. The smallest absolute Gasteiger partial charge is 0.310 e. The van der Waals surface area contributed by atoms with Gasteiger partial charge in [0, 0.05) is 42.6 Å². The number of piperazine rings is 1. The Morgan fingerprint density at radius 3 is 2.76 bits per heavy atom. The zero-order chi connectivity index (χ0) is 24.0. The summed E-state index contributed by atoms with van der Waals surface area (Å²) in [5.41, 5.74) is 7.05. The fourth-order valence-electron chi connectivity index (χ4n) is 4.13. The van der Waals surface area contributed by atoms with Gasteiger partial charge >= 0.3 is 5.91 Å². The third-order valence-corrected chi connectivity index (χ3v) is 7.94. The number of carbonyl (C=O) groups is 2. The van der Waals surface area contributed by atoms with Crippen LogP contribution in [-0.2, 0) is 27.9 Å². The molecule has 4 N–H and O–H groups in total. The maximum absolute atomic E-state index is 13.4. The van der Waals surface area contributed by atoms with Crippen molar-refractivity contribution < 1.29 is 22.4 Å². The zero-order valence-electron chi connectivity index (χ0n) is 18.1. The van der Waals surface area contributed by atoms with Gasteiger partial charge in [0.1, 0.15) is 16.8 Å². The molecule has 0 spiro atoms. The minimum Gasteiger partial charge on any atom is -0.436 e. The maximum Gasteiger partial charge on any atom is 0.310 e. The molecular weight excluding hydrogens is 486 g/mol. The molecule has 180 valence electrons. The van der Waals surface area contributed by atoms with E-state index in [1.54, 1.807) is 18.2 Å². The number of nitrogens with zero attached hydrogens (tertiary/aromatic N) is 3. The van der Waals surface area contributed by atoms with E-state index in [9.17, 15) is 18.0 Å². The van der Waals surface area contributed by atoms with Gasteiger partial charge in [-0.05, 0) is 24.3 Å². The van der Waals surface area contributed by atoms with Gasteiger partial charge in [0.15, 0.2) is 0 Å². The molecule has 0 aliphatic carbocycles. The number of hydrogen-bond donors (Lipinski definition) is 4. The first kappa shape index (κ1) is 22.8. The van der Waals surface area contributed by atoms with Gasteiger partial charge in [-0.15, -0.1) is 0 Å². The SMILES string of the molecule is CNC(=O)C1CN(S(=O)(=O)c2cc3cc(Cl)ccc3[nH]2)CCN1C(=O)c1nc2c(o1)CNNC2. The fourth-order valence-corrected chi connectivity index (χ4v) is 5.76. The molecule has 0 bridgehead atoms. The first-order chi connectivity index (χ1) is 16.3. The molecule has 12 nitrogen and oxygen atoms in total. The molecular formula is C20H22ClN7O5S. The monoisotopic (exact) mass is 507 g/mol. The van der Waals surface area contributed by atoms with Crippen LogP contribution < -0.4 is 16.2 Å². The van der Waals surface area contributed by atoms with E-state index in [0.717, 1.165) is 0 Å². The lowest BCUT2D eigenvalue weighted by atomic mass is 10.1. The maximum atomic E-state index is 13.4. The molecule has 5 rings (SSSR count). The Hall–Kier alpha value is -2.97. The van der Waals surface area contributed by atoms with Crippen molar-refractivity contribution in [2.24, 2.45) is 0 Å². The number of aromatic nitrogens is 2. The second-order valence-corrected chi connectivity index (χ2v) is 10.3. The number of sulfonamides is 1. The van der Waals surface area contributed by atoms with E-state index < -0.39 is 27.9 Å². The lowest BCUT2D eigenvalue weighted by Crippen LogP contribution is -2.61. The standard InChI is InChI=1S/C20H22ClN7O5S/c1-22-18(29)15-10-27(34(31,32)17-7-11-6-12(21)2-3-13(11)25-17)4-5-28(15)20(30)19-26-14-8-23-24-9-16(14)33-19/h2-3,6-7,15,23-25H,4-5,8-10H2,1H3,(H,22,29). The number of halogens is 1. The van der Waals surface area contributed by atoms with Crippen molar-refractivity contribution in [3.63, 3.8) is 0 Å². The Morgan fingerprint density at radius 1 is 1.21 bits per heavy atom. The van der Waals surface area contributed by atoms with Crippen molar-refractivity contribution in [2.75, 3.05) is 26.7 Å². The molecule has 1 saturated heterocycles. The van der Waals surface area contributed by atoms with Crippen LogP contribution in [0.4, 0.5) is 0 Å². The topological polar surface area (TPSA) is 153 Å². The highest BCUT2D eigenvalue weighted by atomic mass is 35.5. The van der Waals surface area contributed by atoms with Gasteiger partial charge in [-0.2, -0.15) is 4.31 Å². The average Bonchev–Trinajstić information content (AvgIpc) is 3.47. The van der Waals surface area contributed by atoms with E-state index in [4.69, 9.17) is 16.0 Å². The van der Waals surface area contributed by atoms with Crippen LogP contribution in [0.15, 0.2) is 33.7 Å². The third-order valence-electron chi connectivity index (χ3n) is 5.92. The molecule has 4 heterocycles. The summed E-state index contributed by atoms with van der Waals surface area (Å²) < 4.78 is 33.5. The van der Waals surface area contributed by atoms with E-state index in [-0.39, 0.29) is 30.6 Å². The van der Waals surface area contributed by atoms with E-state index >= 15 is 0 Å². The van der Waals surface area contributed by atoms with Crippen LogP contribution in [0.3, 0.4) is 0 Å². The van der Waals surface area contributed by atoms with Crippen LogP contribution in [0.1, 0.15) is 22.1 Å². The summed E-state index contributed by atoms with van der Waals surface area (Å²) in [6.07, 6.45) is 0. The molecule has 0 radical (unpaired) electrons. The minimum absolute atomic E-state index is 0.00121. The number of H-pyrrole nitrogens is 1. The van der Waals surface area contributed by atoms with Gasteiger partial charge in [-0.1, -0.05) is 11.6 Å². The summed E-state index contributed by atoms with van der Waals surface area (Å²) in [6.45, 7) is 0.545. The van der Waals surface area contributed by atoms with E-state index in [1.807, 2.05) is 0 Å². The quantitative estimate of drug-likeness (QED) is 0.390. The first-order valence-corrected chi connectivity index (χ1v) is 12.3. The van der Waals surface area contributed by atoms with Gasteiger partial charge in [0.2, 0.25) is 5.91 Å². The van der Waals surface area contributed by atoms with Crippen molar-refractivity contribution in [3.8, 4) is 0 Å². The van der Waals surface area contributed by atoms with Crippen molar-refractivity contribution >= 4 is 44.3 Å². The zero-order valence-corrected chi connectivity index (χ0v) is 19.7. The summed E-state index contributed by atoms with van der Waals surface area (Å²) in [5, 5.41) is 3.64. The summed E-state index contributed by atoms with van der Waals surface area (Å²) in [5.74, 6) is -0.649. The molecule has 1 aromatic carbocycles. The summed E-state index contributed by atoms with van der Waals surface area (Å²) >= 11 is 6.01. The molecule has 3 aromatic rings. The first-order valence-electron chi connectivity index (χ1n) is 10.5. The predicted molar refractivity (Wildman–Crippen MR) is 121 cm³/mol. The number of rotatable bonds is 4. The molecule has 2 aromatic heterocycles. The summed E-state index contributed by atoms with van der Waals surface area (Å²) in [4.78, 5) is 34.3. The van der Waals surface area contributed by atoms with E-state index in [1.165, 1.54) is 22.3 Å². The minimum atomic E-state index is -3.97. The predicted octanol–water partition coefficient (Wildman–Crippen LogP) is 0.178. The van der Waals surface area contributed by atoms with Gasteiger partial charge in [0.05, 0.1) is 18.8 Å². The normalized spacial score (nSPS) is 19.2. The molecule has 1 fully saturated rings. The Labute approximate surface area is 199 Å². The average molecular weight is 508 g/mol. The molecule has 1 unspecified atom stereocenters. The summed E-state index contributed by atoms with van der Waals surface area (Å²) in [6, 6.07) is 5.47. The molecule has 34 heavy (non-hydrogen) atoms. The number of amides is 2. The molecule has 2 aliphatic heterocycles. The summed E-state index contributed by atoms with van der Waals surface area (Å²) in [7, 11) is -2.53. The lowest BCUT2D eigenvalue weighted by molar-refractivity contribution is -0.126. The van der Waals surface area contributed by atoms with Crippen LogP contribution in [0.5, 0.6) is 0 Å². The van der Waals surface area contributed by atoms with E-state index in [0.29, 0.717) is 40.5 Å². The molecule has 2 amide bonds. The number of hydrogen-bond acceptors (Lipinski definition) is 8. The van der Waals surface area contributed by atoms with Crippen LogP contribution in [0, 0.1) is 0 Å². The number of hydrazine groups is 1. The van der Waals surface area contributed by atoms with Gasteiger partial charge in [0.25, 0.3) is 15.9 Å². The Bertz CT molecular complexity index is 1360. The van der Waals surface area contributed by atoms with Gasteiger partial charge in [-0.3, -0.25) is 15.0 Å². The second kappa shape index (κ2) is 8.67. The van der Waals surface area contributed by atoms with Gasteiger partial charge < -0.3 is 19.6 Å². The van der Waals surface area contributed by atoms with Crippen molar-refractivity contribution in [2.45, 2.75) is 24.2 Å².